The number of ether oxygens (including phenoxy) is 1. The minimum absolute atomic E-state index is 0.105. The minimum atomic E-state index is -0.105. The van der Waals surface area contributed by atoms with Crippen LogP contribution < -0.4 is 10.2 Å². The lowest BCUT2D eigenvalue weighted by atomic mass is 9.91. The average molecular weight is 279 g/mol. The Labute approximate surface area is 123 Å². The Bertz CT molecular complexity index is 767. The van der Waals surface area contributed by atoms with Crippen LogP contribution in [0.4, 0.5) is 0 Å². The zero-order chi connectivity index (χ0) is 14.8. The van der Waals surface area contributed by atoms with Gasteiger partial charge in [0, 0.05) is 18.0 Å². The molecule has 106 valence electrons. The number of hydrogen-bond donors (Lipinski definition) is 0. The van der Waals surface area contributed by atoms with Crippen LogP contribution in [0.1, 0.15) is 18.4 Å². The molecule has 0 unspecified atom stereocenters. The number of benzene rings is 1. The first-order chi connectivity index (χ1) is 10.2. The van der Waals surface area contributed by atoms with Gasteiger partial charge in [-0.1, -0.05) is 36.9 Å². The van der Waals surface area contributed by atoms with Gasteiger partial charge in [0.05, 0.1) is 13.3 Å². The Morgan fingerprint density at radius 2 is 1.86 bits per heavy atom. The number of rotatable bonds is 4. The molecule has 0 spiro atoms. The molecule has 0 atom stereocenters. The molecule has 0 radical (unpaired) electrons. The molecule has 0 aliphatic heterocycles. The van der Waals surface area contributed by atoms with Crippen LogP contribution in [0.3, 0.4) is 0 Å². The highest BCUT2D eigenvalue weighted by molar-refractivity contribution is 5.73. The second kappa shape index (κ2) is 5.44. The summed E-state index contributed by atoms with van der Waals surface area (Å²) in [4.78, 5) is 12.4. The van der Waals surface area contributed by atoms with Gasteiger partial charge in [-0.05, 0) is 29.5 Å². The van der Waals surface area contributed by atoms with E-state index in [-0.39, 0.29) is 5.43 Å². The molecule has 0 amide bonds. The van der Waals surface area contributed by atoms with E-state index in [2.05, 4.69) is 24.8 Å². The first kappa shape index (κ1) is 13.4. The van der Waals surface area contributed by atoms with E-state index < -0.39 is 0 Å². The molecule has 2 aromatic rings. The van der Waals surface area contributed by atoms with Crippen molar-refractivity contribution in [2.24, 2.45) is 0 Å². The summed E-state index contributed by atoms with van der Waals surface area (Å²) in [7, 11) is 1.50. The molecule has 1 aliphatic carbocycles. The van der Waals surface area contributed by atoms with Crippen LogP contribution in [0, 0.1) is 0 Å². The lowest BCUT2D eigenvalue weighted by molar-refractivity contribution is 0.408. The molecular formula is C18H17NO2. The van der Waals surface area contributed by atoms with Crippen LogP contribution in [-0.4, -0.2) is 11.7 Å². The fourth-order valence-electron chi connectivity index (χ4n) is 2.44. The Hall–Kier alpha value is -2.55. The molecule has 3 nitrogen and oxygen atoms in total. The SMILES string of the molecule is C=Cn1cc(OC)c(=O)c(-c2ccc(C3=CCC3)cc2)c1. The number of hydrogen-bond acceptors (Lipinski definition) is 2. The summed E-state index contributed by atoms with van der Waals surface area (Å²) in [6, 6.07) is 8.10. The molecule has 1 aromatic heterocycles. The Balaban J connectivity index is 2.07. The van der Waals surface area contributed by atoms with Crippen molar-refractivity contribution < 1.29 is 4.74 Å². The maximum absolute atomic E-state index is 12.4. The maximum Gasteiger partial charge on any atom is 0.231 e. The molecule has 3 heteroatoms. The Morgan fingerprint density at radius 3 is 2.38 bits per heavy atom. The largest absolute Gasteiger partial charge is 0.491 e. The van der Waals surface area contributed by atoms with Crippen LogP contribution in [0.5, 0.6) is 5.75 Å². The van der Waals surface area contributed by atoms with Gasteiger partial charge in [-0.15, -0.1) is 0 Å². The molecule has 1 heterocycles. The number of methoxy groups -OCH3 is 1. The monoisotopic (exact) mass is 279 g/mol. The zero-order valence-corrected chi connectivity index (χ0v) is 12.0. The average Bonchev–Trinajstić information content (AvgIpc) is 2.47. The normalized spacial score (nSPS) is 13.3. The number of aromatic nitrogens is 1. The summed E-state index contributed by atoms with van der Waals surface area (Å²) in [6.45, 7) is 3.72. The first-order valence-electron chi connectivity index (χ1n) is 6.95. The van der Waals surface area contributed by atoms with E-state index in [9.17, 15) is 4.79 Å². The summed E-state index contributed by atoms with van der Waals surface area (Å²) in [6.07, 6.45) is 9.59. The summed E-state index contributed by atoms with van der Waals surface area (Å²) < 4.78 is 6.88. The van der Waals surface area contributed by atoms with Crippen molar-refractivity contribution in [3.8, 4) is 16.9 Å². The number of allylic oxidation sites excluding steroid dienone is 2. The van der Waals surface area contributed by atoms with Crippen molar-refractivity contribution >= 4 is 11.8 Å². The quantitative estimate of drug-likeness (QED) is 0.852. The van der Waals surface area contributed by atoms with Crippen LogP contribution in [0.2, 0.25) is 0 Å². The van der Waals surface area contributed by atoms with Gasteiger partial charge < -0.3 is 9.30 Å². The van der Waals surface area contributed by atoms with Gasteiger partial charge in [-0.2, -0.15) is 0 Å². The third kappa shape index (κ3) is 2.42. The van der Waals surface area contributed by atoms with Gasteiger partial charge in [-0.3, -0.25) is 4.79 Å². The van der Waals surface area contributed by atoms with Crippen molar-refractivity contribution in [3.05, 3.63) is 65.1 Å². The third-order valence-electron chi connectivity index (χ3n) is 3.81. The predicted molar refractivity (Wildman–Crippen MR) is 86.3 cm³/mol. The number of pyridine rings is 1. The lowest BCUT2D eigenvalue weighted by Crippen LogP contribution is -2.11. The molecule has 0 saturated heterocycles. The molecular weight excluding hydrogens is 262 g/mol. The topological polar surface area (TPSA) is 31.2 Å². The van der Waals surface area contributed by atoms with Crippen LogP contribution in [0.25, 0.3) is 22.9 Å². The summed E-state index contributed by atoms with van der Waals surface area (Å²) in [5.74, 6) is 0.318. The second-order valence-electron chi connectivity index (χ2n) is 5.04. The highest BCUT2D eigenvalue weighted by atomic mass is 16.5. The minimum Gasteiger partial charge on any atom is -0.491 e. The third-order valence-corrected chi connectivity index (χ3v) is 3.81. The van der Waals surface area contributed by atoms with Gasteiger partial charge in [-0.25, -0.2) is 0 Å². The predicted octanol–water partition coefficient (Wildman–Crippen LogP) is 3.80. The summed E-state index contributed by atoms with van der Waals surface area (Å²) in [5, 5.41) is 0. The van der Waals surface area contributed by atoms with E-state index in [1.54, 1.807) is 23.2 Å². The second-order valence-corrected chi connectivity index (χ2v) is 5.04. The standard InChI is InChI=1S/C18H17NO2/c1-3-19-11-16(18(20)17(12-19)21-2)15-9-7-14(8-10-15)13-5-4-6-13/h3,5,7-12H,1,4,6H2,2H3. The van der Waals surface area contributed by atoms with Crippen LogP contribution in [-0.2, 0) is 0 Å². The fraction of sp³-hybridized carbons (Fsp3) is 0.167. The smallest absolute Gasteiger partial charge is 0.231 e. The molecule has 0 bridgehead atoms. The fourth-order valence-corrected chi connectivity index (χ4v) is 2.44. The summed E-state index contributed by atoms with van der Waals surface area (Å²) >= 11 is 0. The molecule has 1 aliphatic rings. The van der Waals surface area contributed by atoms with Gasteiger partial charge in [0.2, 0.25) is 5.43 Å². The molecule has 0 fully saturated rings. The highest BCUT2D eigenvalue weighted by Gasteiger charge is 2.11. The van der Waals surface area contributed by atoms with Crippen LogP contribution >= 0.6 is 0 Å². The van der Waals surface area contributed by atoms with Gasteiger partial charge in [0.15, 0.2) is 5.75 Å². The van der Waals surface area contributed by atoms with Crippen molar-refractivity contribution in [2.75, 3.05) is 7.11 Å². The lowest BCUT2D eigenvalue weighted by Gasteiger charge is -2.15. The molecule has 3 rings (SSSR count). The Morgan fingerprint density at radius 1 is 1.19 bits per heavy atom. The zero-order valence-electron chi connectivity index (χ0n) is 12.0. The van der Waals surface area contributed by atoms with E-state index in [1.165, 1.54) is 18.2 Å². The molecule has 0 saturated carbocycles. The highest BCUT2D eigenvalue weighted by Crippen LogP contribution is 2.30. The molecule has 1 aromatic carbocycles. The van der Waals surface area contributed by atoms with E-state index in [0.717, 1.165) is 18.4 Å². The van der Waals surface area contributed by atoms with Crippen LogP contribution in [0.15, 0.2) is 54.1 Å². The first-order valence-corrected chi connectivity index (χ1v) is 6.95. The van der Waals surface area contributed by atoms with Crippen molar-refractivity contribution in [2.45, 2.75) is 12.8 Å². The maximum atomic E-state index is 12.4. The van der Waals surface area contributed by atoms with Crippen molar-refractivity contribution in [1.82, 2.24) is 4.57 Å². The number of nitrogens with zero attached hydrogens (tertiary/aromatic N) is 1. The van der Waals surface area contributed by atoms with E-state index >= 15 is 0 Å². The molecule has 21 heavy (non-hydrogen) atoms. The van der Waals surface area contributed by atoms with E-state index in [0.29, 0.717) is 11.3 Å². The van der Waals surface area contributed by atoms with E-state index in [4.69, 9.17) is 4.74 Å². The van der Waals surface area contributed by atoms with Gasteiger partial charge in [0.25, 0.3) is 0 Å². The van der Waals surface area contributed by atoms with Crippen molar-refractivity contribution in [3.63, 3.8) is 0 Å². The summed E-state index contributed by atoms with van der Waals surface area (Å²) in [5.41, 5.74) is 4.01. The Kier molecular flexibility index (Phi) is 3.48. The molecule has 0 N–H and O–H groups in total. The van der Waals surface area contributed by atoms with E-state index in [1.807, 2.05) is 12.1 Å². The van der Waals surface area contributed by atoms with Crippen molar-refractivity contribution in [1.29, 1.82) is 0 Å². The van der Waals surface area contributed by atoms with Gasteiger partial charge >= 0.3 is 0 Å². The van der Waals surface area contributed by atoms with Gasteiger partial charge in [0.1, 0.15) is 0 Å².